The van der Waals surface area contributed by atoms with Gasteiger partial charge in [-0.15, -0.1) is 0 Å². The zero-order chi connectivity index (χ0) is 25.8. The standard InChI is InChI=1S/C37H23NO/c1-2-9-26(10-3-1)37-38-34-21-19-25-16-17-30-23-28(18-20-33(30)35(25)36(34)39-37)27-12-6-13-29(22-27)32-15-7-11-24-8-4-5-14-31(24)32/h1-23H. The van der Waals surface area contributed by atoms with Gasteiger partial charge in [0.1, 0.15) is 5.52 Å². The van der Waals surface area contributed by atoms with Crippen molar-refractivity contribution in [1.82, 2.24) is 4.98 Å². The molecule has 0 radical (unpaired) electrons. The van der Waals surface area contributed by atoms with Crippen molar-refractivity contribution in [2.24, 2.45) is 0 Å². The summed E-state index contributed by atoms with van der Waals surface area (Å²) in [5, 5.41) is 7.14. The zero-order valence-corrected chi connectivity index (χ0v) is 21.1. The van der Waals surface area contributed by atoms with Gasteiger partial charge < -0.3 is 4.42 Å². The minimum Gasteiger partial charge on any atom is -0.435 e. The smallest absolute Gasteiger partial charge is 0.227 e. The van der Waals surface area contributed by atoms with Crippen LogP contribution in [0.15, 0.2) is 144 Å². The Labute approximate surface area is 225 Å². The van der Waals surface area contributed by atoms with Crippen LogP contribution in [0.1, 0.15) is 0 Å². The maximum Gasteiger partial charge on any atom is 0.227 e. The van der Waals surface area contributed by atoms with Crippen LogP contribution >= 0.6 is 0 Å². The fourth-order valence-electron chi connectivity index (χ4n) is 5.76. The first-order chi connectivity index (χ1) is 19.3. The van der Waals surface area contributed by atoms with Gasteiger partial charge in [0.2, 0.25) is 5.89 Å². The van der Waals surface area contributed by atoms with Crippen LogP contribution in [0, 0.1) is 0 Å². The van der Waals surface area contributed by atoms with Crippen LogP contribution in [-0.2, 0) is 0 Å². The Morgan fingerprint density at radius 1 is 0.436 bits per heavy atom. The summed E-state index contributed by atoms with van der Waals surface area (Å²) in [6.07, 6.45) is 0. The molecule has 1 aromatic heterocycles. The molecule has 8 aromatic rings. The lowest BCUT2D eigenvalue weighted by Crippen LogP contribution is -1.85. The molecule has 8 rings (SSSR count). The molecule has 0 bridgehead atoms. The first-order valence-corrected chi connectivity index (χ1v) is 13.2. The molecule has 0 atom stereocenters. The molecular formula is C37H23NO. The van der Waals surface area contributed by atoms with E-state index in [4.69, 9.17) is 9.40 Å². The average molecular weight is 498 g/mol. The predicted octanol–water partition coefficient (Wildman–Crippen LogP) is 10.3. The van der Waals surface area contributed by atoms with E-state index in [1.807, 2.05) is 36.4 Å². The number of hydrogen-bond acceptors (Lipinski definition) is 2. The quantitative estimate of drug-likeness (QED) is 0.227. The van der Waals surface area contributed by atoms with E-state index in [1.165, 1.54) is 43.8 Å². The Bertz CT molecular complexity index is 2170. The van der Waals surface area contributed by atoms with Gasteiger partial charge in [-0.25, -0.2) is 4.98 Å². The molecule has 0 saturated carbocycles. The second-order valence-electron chi connectivity index (χ2n) is 10.0. The van der Waals surface area contributed by atoms with E-state index in [1.54, 1.807) is 0 Å². The van der Waals surface area contributed by atoms with E-state index in [-0.39, 0.29) is 0 Å². The zero-order valence-electron chi connectivity index (χ0n) is 21.1. The molecule has 1 heterocycles. The third-order valence-electron chi connectivity index (χ3n) is 7.67. The molecule has 0 aliphatic carbocycles. The number of rotatable bonds is 3. The highest BCUT2D eigenvalue weighted by atomic mass is 16.3. The minimum absolute atomic E-state index is 0.650. The van der Waals surface area contributed by atoms with Crippen molar-refractivity contribution in [3.05, 3.63) is 140 Å². The number of oxazole rings is 1. The van der Waals surface area contributed by atoms with Gasteiger partial charge in [0.05, 0.1) is 0 Å². The molecule has 182 valence electrons. The van der Waals surface area contributed by atoms with E-state index in [0.717, 1.165) is 27.4 Å². The third-order valence-corrected chi connectivity index (χ3v) is 7.67. The number of fused-ring (bicyclic) bond motifs is 6. The third kappa shape index (κ3) is 3.61. The van der Waals surface area contributed by atoms with Crippen molar-refractivity contribution in [3.63, 3.8) is 0 Å². The van der Waals surface area contributed by atoms with Crippen molar-refractivity contribution in [2.75, 3.05) is 0 Å². The van der Waals surface area contributed by atoms with Crippen LogP contribution in [0.4, 0.5) is 0 Å². The van der Waals surface area contributed by atoms with Gasteiger partial charge in [-0.3, -0.25) is 0 Å². The van der Waals surface area contributed by atoms with Crippen LogP contribution in [0.5, 0.6) is 0 Å². The molecule has 2 heteroatoms. The normalized spacial score (nSPS) is 11.6. The molecule has 0 aliphatic rings. The van der Waals surface area contributed by atoms with Gasteiger partial charge in [0.15, 0.2) is 5.58 Å². The summed E-state index contributed by atoms with van der Waals surface area (Å²) in [6.45, 7) is 0. The van der Waals surface area contributed by atoms with Gasteiger partial charge in [-0.1, -0.05) is 109 Å². The molecule has 0 saturated heterocycles. The second kappa shape index (κ2) is 8.68. The number of hydrogen-bond donors (Lipinski definition) is 0. The average Bonchev–Trinajstić information content (AvgIpc) is 3.46. The van der Waals surface area contributed by atoms with Crippen LogP contribution in [0.3, 0.4) is 0 Å². The van der Waals surface area contributed by atoms with Crippen molar-refractivity contribution in [1.29, 1.82) is 0 Å². The maximum absolute atomic E-state index is 6.38. The SMILES string of the molecule is c1ccc(-c2nc3ccc4ccc5cc(-c6cccc(-c7cccc8ccccc78)c6)ccc5c4c3o2)cc1. The highest BCUT2D eigenvalue weighted by Gasteiger charge is 2.14. The number of aromatic nitrogens is 1. The fourth-order valence-corrected chi connectivity index (χ4v) is 5.76. The molecule has 39 heavy (non-hydrogen) atoms. The molecule has 0 fully saturated rings. The van der Waals surface area contributed by atoms with Crippen LogP contribution in [-0.4, -0.2) is 4.98 Å². The van der Waals surface area contributed by atoms with Crippen LogP contribution < -0.4 is 0 Å². The highest BCUT2D eigenvalue weighted by molar-refractivity contribution is 6.18. The summed E-state index contributed by atoms with van der Waals surface area (Å²) in [6, 6.07) is 49.3. The van der Waals surface area contributed by atoms with Gasteiger partial charge in [-0.2, -0.15) is 0 Å². The van der Waals surface area contributed by atoms with E-state index >= 15 is 0 Å². The maximum atomic E-state index is 6.38. The van der Waals surface area contributed by atoms with Gasteiger partial charge in [0, 0.05) is 10.9 Å². The summed E-state index contributed by atoms with van der Waals surface area (Å²) in [5.74, 6) is 0.650. The predicted molar refractivity (Wildman–Crippen MR) is 163 cm³/mol. The van der Waals surface area contributed by atoms with Crippen molar-refractivity contribution in [3.8, 4) is 33.7 Å². The topological polar surface area (TPSA) is 26.0 Å². The lowest BCUT2D eigenvalue weighted by molar-refractivity contribution is 0.623. The highest BCUT2D eigenvalue weighted by Crippen LogP contribution is 2.37. The lowest BCUT2D eigenvalue weighted by atomic mass is 9.93. The molecule has 0 unspecified atom stereocenters. The molecule has 7 aromatic carbocycles. The summed E-state index contributed by atoms with van der Waals surface area (Å²) in [7, 11) is 0. The first-order valence-electron chi connectivity index (χ1n) is 13.2. The number of benzene rings is 7. The van der Waals surface area contributed by atoms with Crippen molar-refractivity contribution < 1.29 is 4.42 Å². The summed E-state index contributed by atoms with van der Waals surface area (Å²) in [5.41, 5.74) is 7.56. The van der Waals surface area contributed by atoms with Crippen molar-refractivity contribution in [2.45, 2.75) is 0 Å². The van der Waals surface area contributed by atoms with E-state index < -0.39 is 0 Å². The Balaban J connectivity index is 1.27. The summed E-state index contributed by atoms with van der Waals surface area (Å²) >= 11 is 0. The number of nitrogens with zero attached hydrogens (tertiary/aromatic N) is 1. The van der Waals surface area contributed by atoms with E-state index in [9.17, 15) is 0 Å². The second-order valence-corrected chi connectivity index (χ2v) is 10.0. The molecule has 2 nitrogen and oxygen atoms in total. The summed E-state index contributed by atoms with van der Waals surface area (Å²) in [4.78, 5) is 4.80. The van der Waals surface area contributed by atoms with Gasteiger partial charge in [0.25, 0.3) is 0 Å². The van der Waals surface area contributed by atoms with Gasteiger partial charge in [-0.05, 0) is 79.5 Å². The monoisotopic (exact) mass is 497 g/mol. The Hall–Kier alpha value is -5.21. The lowest BCUT2D eigenvalue weighted by Gasteiger charge is -2.11. The first kappa shape index (κ1) is 21.8. The van der Waals surface area contributed by atoms with Gasteiger partial charge >= 0.3 is 0 Å². The minimum atomic E-state index is 0.650. The Kier molecular flexibility index (Phi) is 4.86. The molecule has 0 aliphatic heterocycles. The molecule has 0 amide bonds. The van der Waals surface area contributed by atoms with E-state index in [0.29, 0.717) is 5.89 Å². The van der Waals surface area contributed by atoms with Crippen molar-refractivity contribution >= 4 is 43.4 Å². The van der Waals surface area contributed by atoms with Crippen LogP contribution in [0.2, 0.25) is 0 Å². The Morgan fingerprint density at radius 2 is 1.15 bits per heavy atom. The molecule has 0 N–H and O–H groups in total. The Morgan fingerprint density at radius 3 is 2.10 bits per heavy atom. The van der Waals surface area contributed by atoms with E-state index in [2.05, 4.69) is 103 Å². The summed E-state index contributed by atoms with van der Waals surface area (Å²) < 4.78 is 6.38. The largest absolute Gasteiger partial charge is 0.435 e. The molecule has 0 spiro atoms. The fraction of sp³-hybridized carbons (Fsp3) is 0. The molecular weight excluding hydrogens is 474 g/mol. The van der Waals surface area contributed by atoms with Crippen LogP contribution in [0.25, 0.3) is 77.1 Å².